The second-order valence-corrected chi connectivity index (χ2v) is 8.07. The molecule has 23 heavy (non-hydrogen) atoms. The lowest BCUT2D eigenvalue weighted by Crippen LogP contribution is -2.46. The van der Waals surface area contributed by atoms with E-state index in [1.54, 1.807) is 27.7 Å². The Labute approximate surface area is 142 Å². The van der Waals surface area contributed by atoms with Gasteiger partial charge in [0, 0.05) is 5.41 Å². The predicted octanol–water partition coefficient (Wildman–Crippen LogP) is 4.28. The molecule has 0 rings (SSSR count). The van der Waals surface area contributed by atoms with E-state index in [0.29, 0.717) is 12.3 Å². The molecule has 138 valence electrons. The normalized spacial score (nSPS) is 12.3. The van der Waals surface area contributed by atoms with E-state index in [-0.39, 0.29) is 6.42 Å². The predicted molar refractivity (Wildman–Crippen MR) is 94.2 cm³/mol. The number of hydrogen-bond donors (Lipinski definition) is 2. The molecule has 0 bridgehead atoms. The Kier molecular flexibility index (Phi) is 9.72. The number of hydrogen-bond acceptors (Lipinski definition) is 4. The van der Waals surface area contributed by atoms with E-state index in [1.165, 1.54) is 0 Å². The van der Waals surface area contributed by atoms with Crippen LogP contribution in [0.25, 0.3) is 0 Å². The van der Waals surface area contributed by atoms with Crippen LogP contribution in [0.1, 0.15) is 82.1 Å². The van der Waals surface area contributed by atoms with Crippen LogP contribution >= 0.6 is 0 Å². The zero-order valence-electron chi connectivity index (χ0n) is 16.7. The van der Waals surface area contributed by atoms with Gasteiger partial charge >= 0.3 is 6.09 Å². The molecule has 2 N–H and O–H groups in total. The lowest BCUT2D eigenvalue weighted by molar-refractivity contribution is -0.132. The lowest BCUT2D eigenvalue weighted by Gasteiger charge is -2.31. The van der Waals surface area contributed by atoms with E-state index in [0.717, 1.165) is 0 Å². The number of carbonyl (C=O) groups is 2. The quantitative estimate of drug-likeness (QED) is 0.762. The maximum Gasteiger partial charge on any atom is 0.414 e. The highest BCUT2D eigenvalue weighted by Crippen LogP contribution is 2.28. The van der Waals surface area contributed by atoms with E-state index in [1.807, 2.05) is 41.5 Å². The summed E-state index contributed by atoms with van der Waals surface area (Å²) in [4.78, 5) is 24.0. The Hall–Kier alpha value is -1.10. The summed E-state index contributed by atoms with van der Waals surface area (Å²) >= 11 is 0. The van der Waals surface area contributed by atoms with Crippen molar-refractivity contribution in [1.82, 2.24) is 5.32 Å². The number of alkyl carbamates (subject to hydrolysis) is 1. The van der Waals surface area contributed by atoms with Gasteiger partial charge in [0.1, 0.15) is 5.60 Å². The van der Waals surface area contributed by atoms with Crippen molar-refractivity contribution in [3.63, 3.8) is 0 Å². The topological polar surface area (TPSA) is 75.6 Å². The SMILES string of the molecule is CC.CC(C)CC(C)(C)OC(=O)NC(=O)C(C)(C)CC(C)(C)O. The van der Waals surface area contributed by atoms with Gasteiger partial charge < -0.3 is 9.84 Å². The Morgan fingerprint density at radius 1 is 1.04 bits per heavy atom. The van der Waals surface area contributed by atoms with E-state index in [4.69, 9.17) is 4.74 Å². The largest absolute Gasteiger partial charge is 0.443 e. The number of imide groups is 1. The smallest absolute Gasteiger partial charge is 0.414 e. The Balaban J connectivity index is 0. The molecule has 0 aliphatic rings. The molecule has 0 saturated heterocycles. The van der Waals surface area contributed by atoms with E-state index in [9.17, 15) is 14.7 Å². The van der Waals surface area contributed by atoms with E-state index >= 15 is 0 Å². The molecular formula is C18H37NO4. The van der Waals surface area contributed by atoms with Crippen LogP contribution in [0.2, 0.25) is 0 Å². The average molecular weight is 331 g/mol. The van der Waals surface area contributed by atoms with Gasteiger partial charge in [-0.2, -0.15) is 0 Å². The van der Waals surface area contributed by atoms with Crippen LogP contribution in [-0.2, 0) is 9.53 Å². The minimum atomic E-state index is -0.984. The second kappa shape index (κ2) is 9.26. The van der Waals surface area contributed by atoms with Crippen molar-refractivity contribution < 1.29 is 19.4 Å². The fourth-order valence-corrected chi connectivity index (χ4v) is 2.72. The third kappa shape index (κ3) is 12.0. The number of ether oxygens (including phenoxy) is 1. The maximum atomic E-state index is 12.1. The van der Waals surface area contributed by atoms with Gasteiger partial charge in [0.25, 0.3) is 0 Å². The van der Waals surface area contributed by atoms with Crippen molar-refractivity contribution in [1.29, 1.82) is 0 Å². The first kappa shape index (κ1) is 24.2. The van der Waals surface area contributed by atoms with Crippen molar-refractivity contribution in [3.05, 3.63) is 0 Å². The molecule has 0 aromatic rings. The highest BCUT2D eigenvalue weighted by molar-refractivity contribution is 5.95. The van der Waals surface area contributed by atoms with Crippen molar-refractivity contribution in [3.8, 4) is 0 Å². The molecule has 0 aromatic carbocycles. The standard InChI is InChI=1S/C16H31NO4.C2H6/c1-11(2)9-16(7,8)21-13(19)17-12(18)14(3,4)10-15(5,6)20;1-2/h11,20H,9-10H2,1-8H3,(H,17,18,19);1-2H3. The zero-order valence-corrected chi connectivity index (χ0v) is 16.7. The highest BCUT2D eigenvalue weighted by atomic mass is 16.6. The van der Waals surface area contributed by atoms with Gasteiger partial charge in [0.15, 0.2) is 0 Å². The molecule has 0 fully saturated rings. The zero-order chi connectivity index (χ0) is 19.1. The van der Waals surface area contributed by atoms with Crippen LogP contribution in [0.5, 0.6) is 0 Å². The van der Waals surface area contributed by atoms with Gasteiger partial charge in [0.05, 0.1) is 5.60 Å². The summed E-state index contributed by atoms with van der Waals surface area (Å²) in [6.07, 6.45) is 0.213. The molecule has 0 atom stereocenters. The van der Waals surface area contributed by atoms with Gasteiger partial charge in [-0.3, -0.25) is 10.1 Å². The Morgan fingerprint density at radius 3 is 1.83 bits per heavy atom. The third-order valence-electron chi connectivity index (χ3n) is 2.97. The second-order valence-electron chi connectivity index (χ2n) is 8.07. The van der Waals surface area contributed by atoms with Crippen LogP contribution in [0.15, 0.2) is 0 Å². The Morgan fingerprint density at radius 2 is 1.48 bits per heavy atom. The first-order chi connectivity index (χ1) is 10.1. The van der Waals surface area contributed by atoms with E-state index < -0.39 is 28.6 Å². The van der Waals surface area contributed by atoms with Crippen LogP contribution < -0.4 is 5.32 Å². The van der Waals surface area contributed by atoms with Crippen molar-refractivity contribution in [2.45, 2.75) is 93.3 Å². The fourth-order valence-electron chi connectivity index (χ4n) is 2.72. The van der Waals surface area contributed by atoms with Crippen LogP contribution in [-0.4, -0.2) is 28.3 Å². The van der Waals surface area contributed by atoms with Gasteiger partial charge in [-0.25, -0.2) is 4.79 Å². The molecule has 0 heterocycles. The number of amides is 2. The molecule has 2 amide bonds. The fraction of sp³-hybridized carbons (Fsp3) is 0.889. The van der Waals surface area contributed by atoms with Gasteiger partial charge in [-0.05, 0) is 46.5 Å². The highest BCUT2D eigenvalue weighted by Gasteiger charge is 2.35. The summed E-state index contributed by atoms with van der Waals surface area (Å²) in [7, 11) is 0. The van der Waals surface area contributed by atoms with Crippen molar-refractivity contribution in [2.24, 2.45) is 11.3 Å². The molecular weight excluding hydrogens is 294 g/mol. The van der Waals surface area contributed by atoms with Gasteiger partial charge in [-0.15, -0.1) is 0 Å². The summed E-state index contributed by atoms with van der Waals surface area (Å²) in [5.74, 6) is -0.0647. The molecule has 0 radical (unpaired) electrons. The van der Waals surface area contributed by atoms with Crippen LogP contribution in [0.3, 0.4) is 0 Å². The number of aliphatic hydroxyl groups is 1. The third-order valence-corrected chi connectivity index (χ3v) is 2.97. The summed E-state index contributed by atoms with van der Waals surface area (Å²) in [6, 6.07) is 0. The number of carbonyl (C=O) groups excluding carboxylic acids is 2. The first-order valence-electron chi connectivity index (χ1n) is 8.41. The summed E-state index contributed by atoms with van der Waals surface area (Å²) < 4.78 is 5.31. The molecule has 5 heteroatoms. The summed E-state index contributed by atoms with van der Waals surface area (Å²) in [5, 5.41) is 12.1. The lowest BCUT2D eigenvalue weighted by atomic mass is 9.81. The molecule has 0 unspecified atom stereocenters. The number of nitrogens with one attached hydrogen (secondary N) is 1. The molecule has 0 aliphatic heterocycles. The van der Waals surface area contributed by atoms with Crippen molar-refractivity contribution >= 4 is 12.0 Å². The first-order valence-corrected chi connectivity index (χ1v) is 8.41. The molecule has 0 aliphatic carbocycles. The minimum Gasteiger partial charge on any atom is -0.443 e. The minimum absolute atomic E-state index is 0.245. The average Bonchev–Trinajstić information content (AvgIpc) is 2.24. The molecule has 0 saturated carbocycles. The Bertz CT molecular complexity index is 379. The molecule has 5 nitrogen and oxygen atoms in total. The number of rotatable bonds is 6. The van der Waals surface area contributed by atoms with Crippen LogP contribution in [0, 0.1) is 11.3 Å². The van der Waals surface area contributed by atoms with Crippen molar-refractivity contribution in [2.75, 3.05) is 0 Å². The summed E-state index contributed by atoms with van der Waals surface area (Å²) in [6.45, 7) is 18.4. The molecule has 0 aromatic heterocycles. The monoisotopic (exact) mass is 331 g/mol. The maximum absolute atomic E-state index is 12.1. The molecule has 0 spiro atoms. The van der Waals surface area contributed by atoms with E-state index in [2.05, 4.69) is 5.32 Å². The van der Waals surface area contributed by atoms with Crippen LogP contribution in [0.4, 0.5) is 4.79 Å². The summed E-state index contributed by atoms with van der Waals surface area (Å²) in [5.41, 5.74) is -2.47. The van der Waals surface area contributed by atoms with Gasteiger partial charge in [0.2, 0.25) is 5.91 Å². The van der Waals surface area contributed by atoms with Gasteiger partial charge in [-0.1, -0.05) is 41.5 Å².